The molecule has 2 heterocycles. The normalized spacial score (nSPS) is 18.1. The third kappa shape index (κ3) is 2.96. The smallest absolute Gasteiger partial charge is 0.258 e. The van der Waals surface area contributed by atoms with Crippen molar-refractivity contribution in [3.63, 3.8) is 0 Å². The molecule has 2 aliphatic rings. The molecule has 1 aromatic heterocycles. The van der Waals surface area contributed by atoms with Crippen LogP contribution in [0.3, 0.4) is 0 Å². The second-order valence-corrected chi connectivity index (χ2v) is 9.99. The van der Waals surface area contributed by atoms with Gasteiger partial charge < -0.3 is 9.30 Å². The summed E-state index contributed by atoms with van der Waals surface area (Å²) in [4.78, 5) is 12.9. The Kier molecular flexibility index (Phi) is 4.08. The minimum atomic E-state index is -3.51. The zero-order valence-corrected chi connectivity index (χ0v) is 17.2. The van der Waals surface area contributed by atoms with Gasteiger partial charge in [-0.05, 0) is 47.9 Å². The number of hydrogen-bond acceptors (Lipinski definition) is 4. The Morgan fingerprint density at radius 2 is 1.79 bits per heavy atom. The van der Waals surface area contributed by atoms with Crippen molar-refractivity contribution >= 4 is 20.8 Å². The van der Waals surface area contributed by atoms with Crippen LogP contribution < -0.4 is 10.3 Å². The van der Waals surface area contributed by atoms with Crippen LogP contribution >= 0.6 is 0 Å². The summed E-state index contributed by atoms with van der Waals surface area (Å²) in [5, 5.41) is 1.39. The van der Waals surface area contributed by atoms with Gasteiger partial charge in [0.25, 0.3) is 5.56 Å². The van der Waals surface area contributed by atoms with Gasteiger partial charge in [-0.25, -0.2) is 8.42 Å². The van der Waals surface area contributed by atoms with Crippen LogP contribution in [-0.2, 0) is 23.6 Å². The Labute approximate surface area is 169 Å². The number of benzene rings is 2. The number of nitrogens with zero attached hydrogens (tertiary/aromatic N) is 2. The molecule has 1 saturated carbocycles. The molecule has 29 heavy (non-hydrogen) atoms. The molecule has 5 rings (SSSR count). The molecule has 1 fully saturated rings. The van der Waals surface area contributed by atoms with Gasteiger partial charge in [-0.1, -0.05) is 18.2 Å². The minimum Gasteiger partial charge on any atom is -0.493 e. The highest BCUT2D eigenvalue weighted by Gasteiger charge is 2.34. The van der Waals surface area contributed by atoms with Gasteiger partial charge in [0.2, 0.25) is 10.0 Å². The number of sulfonamides is 1. The number of fused-ring (bicyclic) bond motifs is 2. The van der Waals surface area contributed by atoms with Gasteiger partial charge in [0.15, 0.2) is 0 Å². The predicted molar refractivity (Wildman–Crippen MR) is 111 cm³/mol. The van der Waals surface area contributed by atoms with E-state index in [9.17, 15) is 13.2 Å². The van der Waals surface area contributed by atoms with Crippen molar-refractivity contribution in [1.29, 1.82) is 0 Å². The Bertz CT molecular complexity index is 1310. The van der Waals surface area contributed by atoms with E-state index in [1.54, 1.807) is 32.4 Å². The third-order valence-electron chi connectivity index (χ3n) is 5.80. The van der Waals surface area contributed by atoms with Crippen LogP contribution in [0.2, 0.25) is 0 Å². The zero-order chi connectivity index (χ0) is 20.3. The number of aryl methyl sites for hydroxylation is 1. The summed E-state index contributed by atoms with van der Waals surface area (Å²) >= 11 is 0. The molecule has 0 amide bonds. The van der Waals surface area contributed by atoms with E-state index >= 15 is 0 Å². The molecule has 6 nitrogen and oxygen atoms in total. The fraction of sp³-hybridized carbons (Fsp3) is 0.318. The molecule has 0 unspecified atom stereocenters. The van der Waals surface area contributed by atoms with Gasteiger partial charge in [0.1, 0.15) is 5.75 Å². The van der Waals surface area contributed by atoms with Crippen molar-refractivity contribution in [2.24, 2.45) is 13.0 Å². The third-order valence-corrected chi connectivity index (χ3v) is 7.68. The first kappa shape index (κ1) is 18.4. The van der Waals surface area contributed by atoms with Gasteiger partial charge >= 0.3 is 0 Å². The first-order valence-electron chi connectivity index (χ1n) is 9.71. The lowest BCUT2D eigenvalue weighted by molar-refractivity contribution is 0.300. The Hall–Kier alpha value is -2.64. The SMILES string of the molecule is CN1Cc2cc(OCC3CC3)c(-c3cn(C)c(=O)c4ccccc34)cc2S1(=O)=O. The summed E-state index contributed by atoms with van der Waals surface area (Å²) in [7, 11) is -0.219. The average molecular weight is 410 g/mol. The zero-order valence-electron chi connectivity index (χ0n) is 16.4. The molecule has 0 bridgehead atoms. The van der Waals surface area contributed by atoms with Crippen LogP contribution in [-0.4, -0.2) is 30.9 Å². The fourth-order valence-corrected chi connectivity index (χ4v) is 5.28. The molecule has 0 spiro atoms. The van der Waals surface area contributed by atoms with E-state index in [-0.39, 0.29) is 5.56 Å². The van der Waals surface area contributed by atoms with Gasteiger partial charge in [-0.2, -0.15) is 4.31 Å². The standard InChI is InChI=1S/C22H22N2O4S/c1-23-12-19(16-5-3-4-6-17(16)22(23)25)18-10-21-15(11-24(2)29(21,26)27)9-20(18)28-13-14-7-8-14/h3-6,9-10,12,14H,7-8,11,13H2,1-2H3. The first-order valence-corrected chi connectivity index (χ1v) is 11.1. The van der Waals surface area contributed by atoms with Gasteiger partial charge in [0.05, 0.1) is 11.5 Å². The second-order valence-electron chi connectivity index (χ2n) is 7.98. The highest BCUT2D eigenvalue weighted by Crippen LogP contribution is 2.42. The molecule has 1 aliphatic carbocycles. The number of rotatable bonds is 4. The lowest BCUT2D eigenvalue weighted by Crippen LogP contribution is -2.18. The van der Waals surface area contributed by atoms with Crippen LogP contribution in [0.5, 0.6) is 5.75 Å². The van der Waals surface area contributed by atoms with Crippen LogP contribution in [0.4, 0.5) is 0 Å². The molecule has 3 aromatic rings. The van der Waals surface area contributed by atoms with E-state index in [4.69, 9.17) is 4.74 Å². The van der Waals surface area contributed by atoms with Crippen LogP contribution in [0, 0.1) is 5.92 Å². The van der Waals surface area contributed by atoms with Crippen LogP contribution in [0.15, 0.2) is 52.3 Å². The fourth-order valence-electron chi connectivity index (χ4n) is 3.91. The summed E-state index contributed by atoms with van der Waals surface area (Å²) in [6.45, 7) is 0.962. The van der Waals surface area contributed by atoms with E-state index in [1.165, 1.54) is 21.7 Å². The molecule has 7 heteroatoms. The second kappa shape index (κ2) is 6.43. The Balaban J connectivity index is 1.78. The molecular formula is C22H22N2O4S. The molecule has 0 radical (unpaired) electrons. The highest BCUT2D eigenvalue weighted by molar-refractivity contribution is 7.89. The van der Waals surface area contributed by atoms with Crippen molar-refractivity contribution in [2.45, 2.75) is 24.3 Å². The van der Waals surface area contributed by atoms with Gasteiger partial charge in [0, 0.05) is 43.4 Å². The number of pyridine rings is 1. The van der Waals surface area contributed by atoms with Crippen LogP contribution in [0.1, 0.15) is 18.4 Å². The monoisotopic (exact) mass is 410 g/mol. The maximum Gasteiger partial charge on any atom is 0.258 e. The maximum atomic E-state index is 12.8. The summed E-state index contributed by atoms with van der Waals surface area (Å²) in [5.74, 6) is 1.24. The predicted octanol–water partition coefficient (Wildman–Crippen LogP) is 3.13. The first-order chi connectivity index (χ1) is 13.9. The molecule has 0 N–H and O–H groups in total. The molecule has 0 saturated heterocycles. The summed E-state index contributed by atoms with van der Waals surface area (Å²) in [5.41, 5.74) is 2.16. The number of ether oxygens (including phenoxy) is 1. The summed E-state index contributed by atoms with van der Waals surface area (Å²) in [6.07, 6.45) is 4.10. The maximum absolute atomic E-state index is 12.8. The average Bonchev–Trinajstić information content (AvgIpc) is 3.50. The van der Waals surface area contributed by atoms with E-state index in [0.717, 1.165) is 16.5 Å². The van der Waals surface area contributed by atoms with E-state index < -0.39 is 10.0 Å². The molecule has 0 atom stereocenters. The summed E-state index contributed by atoms with van der Waals surface area (Å²) in [6, 6.07) is 11.0. The Morgan fingerprint density at radius 3 is 2.52 bits per heavy atom. The van der Waals surface area contributed by atoms with Crippen LogP contribution in [0.25, 0.3) is 21.9 Å². The van der Waals surface area contributed by atoms with E-state index in [1.807, 2.05) is 24.3 Å². The van der Waals surface area contributed by atoms with E-state index in [2.05, 4.69) is 0 Å². The van der Waals surface area contributed by atoms with Crippen molar-refractivity contribution in [1.82, 2.24) is 8.87 Å². The highest BCUT2D eigenvalue weighted by atomic mass is 32.2. The van der Waals surface area contributed by atoms with Crippen molar-refractivity contribution in [3.8, 4) is 16.9 Å². The minimum absolute atomic E-state index is 0.0849. The molecule has 1 aliphatic heterocycles. The molecule has 150 valence electrons. The van der Waals surface area contributed by atoms with Gasteiger partial charge in [-0.3, -0.25) is 4.79 Å². The molecule has 2 aromatic carbocycles. The topological polar surface area (TPSA) is 68.6 Å². The lowest BCUT2D eigenvalue weighted by atomic mass is 9.98. The van der Waals surface area contributed by atoms with Crippen molar-refractivity contribution in [3.05, 3.63) is 58.5 Å². The van der Waals surface area contributed by atoms with Crippen molar-refractivity contribution in [2.75, 3.05) is 13.7 Å². The number of hydrogen-bond donors (Lipinski definition) is 0. The lowest BCUT2D eigenvalue weighted by Gasteiger charge is -2.16. The quantitative estimate of drug-likeness (QED) is 0.663. The van der Waals surface area contributed by atoms with E-state index in [0.29, 0.717) is 40.7 Å². The number of aromatic nitrogens is 1. The summed E-state index contributed by atoms with van der Waals surface area (Å²) < 4.78 is 34.6. The van der Waals surface area contributed by atoms with Crippen molar-refractivity contribution < 1.29 is 13.2 Å². The largest absolute Gasteiger partial charge is 0.493 e. The molecular weight excluding hydrogens is 388 g/mol. The van der Waals surface area contributed by atoms with Gasteiger partial charge in [-0.15, -0.1) is 0 Å². The Morgan fingerprint density at radius 1 is 1.07 bits per heavy atom.